The third-order valence-corrected chi connectivity index (χ3v) is 2.60. The molecule has 2 atom stereocenters. The van der Waals surface area contributed by atoms with Crippen molar-refractivity contribution in [2.45, 2.75) is 31.8 Å². The molecule has 2 amide bonds. The maximum atomic E-state index is 11.7. The molecule has 0 aromatic heterocycles. The van der Waals surface area contributed by atoms with Crippen LogP contribution in [0.15, 0.2) is 12.2 Å². The number of carboxylic acids is 1. The van der Waals surface area contributed by atoms with E-state index in [9.17, 15) is 19.2 Å². The number of nitrogens with one attached hydrogen (secondary N) is 2. The Morgan fingerprint density at radius 2 is 1.91 bits per heavy atom. The van der Waals surface area contributed by atoms with Gasteiger partial charge in [-0.05, 0) is 6.42 Å². The molecule has 0 radical (unpaired) electrons. The molecule has 0 fully saturated rings. The Bertz CT molecular complexity index is 449. The molecule has 0 rings (SSSR count). The van der Waals surface area contributed by atoms with Crippen molar-refractivity contribution in [3.05, 3.63) is 12.2 Å². The average Bonchev–Trinajstić information content (AvgIpc) is 2.48. The third-order valence-electron chi connectivity index (χ3n) is 2.60. The van der Waals surface area contributed by atoms with E-state index < -0.39 is 35.8 Å². The summed E-state index contributed by atoms with van der Waals surface area (Å²) in [4.78, 5) is 44.9. The van der Waals surface area contributed by atoms with Gasteiger partial charge in [0, 0.05) is 18.7 Å². The lowest BCUT2D eigenvalue weighted by molar-refractivity contribution is -0.142. The van der Waals surface area contributed by atoms with Crippen molar-refractivity contribution < 1.29 is 29.0 Å². The van der Waals surface area contributed by atoms with Gasteiger partial charge in [0.25, 0.3) is 0 Å². The molecule has 22 heavy (non-hydrogen) atoms. The standard InChI is InChI=1S/C13H21N3O6/c1-3-4-8(14)12(19)16-9(13(20)21)7-15-10(17)5-6-11(18)22-2/h5-6,8-9H,3-4,7,14H2,1-2H3,(H,15,17)(H,16,19)(H,20,21)/b6-5+. The first kappa shape index (κ1) is 19.6. The number of nitrogens with two attached hydrogens (primary N) is 1. The molecule has 9 nitrogen and oxygen atoms in total. The van der Waals surface area contributed by atoms with E-state index in [1.54, 1.807) is 0 Å². The third kappa shape index (κ3) is 8.00. The van der Waals surface area contributed by atoms with E-state index in [4.69, 9.17) is 10.8 Å². The van der Waals surface area contributed by atoms with Crippen molar-refractivity contribution in [3.63, 3.8) is 0 Å². The highest BCUT2D eigenvalue weighted by Gasteiger charge is 2.23. The van der Waals surface area contributed by atoms with Crippen molar-refractivity contribution in [1.29, 1.82) is 0 Å². The lowest BCUT2D eigenvalue weighted by atomic mass is 10.1. The molecule has 0 aromatic rings. The van der Waals surface area contributed by atoms with Crippen LogP contribution < -0.4 is 16.4 Å². The highest BCUT2D eigenvalue weighted by Crippen LogP contribution is 1.94. The predicted molar refractivity (Wildman–Crippen MR) is 76.6 cm³/mol. The normalized spacial score (nSPS) is 13.2. The number of carbonyl (C=O) groups excluding carboxylic acids is 3. The molecule has 0 aliphatic rings. The first-order valence-corrected chi connectivity index (χ1v) is 6.64. The Balaban J connectivity index is 4.45. The number of hydrogen-bond acceptors (Lipinski definition) is 6. The number of methoxy groups -OCH3 is 1. The highest BCUT2D eigenvalue weighted by atomic mass is 16.5. The minimum absolute atomic E-state index is 0.343. The van der Waals surface area contributed by atoms with E-state index in [-0.39, 0.29) is 6.54 Å². The van der Waals surface area contributed by atoms with Crippen LogP contribution in [0.2, 0.25) is 0 Å². The van der Waals surface area contributed by atoms with E-state index in [1.807, 2.05) is 6.92 Å². The first-order valence-electron chi connectivity index (χ1n) is 6.64. The van der Waals surface area contributed by atoms with Crippen molar-refractivity contribution in [2.24, 2.45) is 5.73 Å². The van der Waals surface area contributed by atoms with E-state index in [1.165, 1.54) is 0 Å². The van der Waals surface area contributed by atoms with Crippen LogP contribution in [0.3, 0.4) is 0 Å². The van der Waals surface area contributed by atoms with Gasteiger partial charge in [0.15, 0.2) is 0 Å². The van der Waals surface area contributed by atoms with Gasteiger partial charge in [0.05, 0.1) is 13.2 Å². The summed E-state index contributed by atoms with van der Waals surface area (Å²) in [6, 6.07) is -2.12. The molecule has 0 aliphatic carbocycles. The van der Waals surface area contributed by atoms with Crippen molar-refractivity contribution >= 4 is 23.8 Å². The minimum atomic E-state index is -1.31. The van der Waals surface area contributed by atoms with E-state index >= 15 is 0 Å². The SMILES string of the molecule is CCCC(N)C(=O)NC(CNC(=O)/C=C/C(=O)OC)C(=O)O. The number of rotatable bonds is 9. The van der Waals surface area contributed by atoms with Gasteiger partial charge in [-0.15, -0.1) is 0 Å². The summed E-state index contributed by atoms with van der Waals surface area (Å²) in [5.41, 5.74) is 5.57. The number of hydrogen-bond donors (Lipinski definition) is 4. The van der Waals surface area contributed by atoms with Crippen LogP contribution in [-0.2, 0) is 23.9 Å². The lowest BCUT2D eigenvalue weighted by Gasteiger charge is -2.17. The molecule has 124 valence electrons. The first-order chi connectivity index (χ1) is 10.3. The molecule has 0 saturated heterocycles. The van der Waals surface area contributed by atoms with Gasteiger partial charge >= 0.3 is 11.9 Å². The van der Waals surface area contributed by atoms with Gasteiger partial charge in [-0.1, -0.05) is 13.3 Å². The molecule has 5 N–H and O–H groups in total. The fourth-order valence-electron chi connectivity index (χ4n) is 1.39. The van der Waals surface area contributed by atoms with Crippen LogP contribution >= 0.6 is 0 Å². The number of carboxylic acid groups (broad SMARTS) is 1. The average molecular weight is 315 g/mol. The maximum absolute atomic E-state index is 11.7. The van der Waals surface area contributed by atoms with Crippen LogP contribution in [0.25, 0.3) is 0 Å². The van der Waals surface area contributed by atoms with Crippen LogP contribution in [-0.4, -0.2) is 54.6 Å². The molecular formula is C13H21N3O6. The summed E-state index contributed by atoms with van der Waals surface area (Å²) in [7, 11) is 1.15. The Kier molecular flexibility index (Phi) is 9.19. The number of ether oxygens (including phenoxy) is 1. The zero-order valence-corrected chi connectivity index (χ0v) is 12.5. The summed E-state index contributed by atoms with van der Waals surface area (Å²) in [5, 5.41) is 13.5. The smallest absolute Gasteiger partial charge is 0.330 e. The van der Waals surface area contributed by atoms with Crippen molar-refractivity contribution in [2.75, 3.05) is 13.7 Å². The highest BCUT2D eigenvalue weighted by molar-refractivity contribution is 5.95. The minimum Gasteiger partial charge on any atom is -0.480 e. The van der Waals surface area contributed by atoms with Gasteiger partial charge < -0.3 is 26.2 Å². The molecule has 0 aromatic carbocycles. The maximum Gasteiger partial charge on any atom is 0.330 e. The molecule has 0 bridgehead atoms. The monoisotopic (exact) mass is 315 g/mol. The molecule has 9 heteroatoms. The van der Waals surface area contributed by atoms with Crippen molar-refractivity contribution in [1.82, 2.24) is 10.6 Å². The summed E-state index contributed by atoms with van der Waals surface area (Å²) in [5.74, 6) is -3.32. The Hall–Kier alpha value is -2.42. The lowest BCUT2D eigenvalue weighted by Crippen LogP contribution is -2.52. The van der Waals surface area contributed by atoms with Crippen LogP contribution in [0.4, 0.5) is 0 Å². The second-order valence-electron chi connectivity index (χ2n) is 4.40. The Labute approximate surface area is 127 Å². The summed E-state index contributed by atoms with van der Waals surface area (Å²) in [6.07, 6.45) is 2.89. The topological polar surface area (TPSA) is 148 Å². The van der Waals surface area contributed by atoms with Gasteiger partial charge in [0.2, 0.25) is 11.8 Å². The quantitative estimate of drug-likeness (QED) is 0.300. The molecule has 0 saturated carbocycles. The van der Waals surface area contributed by atoms with Gasteiger partial charge in [0.1, 0.15) is 6.04 Å². The number of aliphatic carboxylic acids is 1. The van der Waals surface area contributed by atoms with E-state index in [2.05, 4.69) is 15.4 Å². The summed E-state index contributed by atoms with van der Waals surface area (Å²) in [6.45, 7) is 1.50. The predicted octanol–water partition coefficient (Wildman–Crippen LogP) is -1.47. The molecule has 2 unspecified atom stereocenters. The van der Waals surface area contributed by atoms with Crippen LogP contribution in [0.1, 0.15) is 19.8 Å². The fourth-order valence-corrected chi connectivity index (χ4v) is 1.39. The molecule has 0 heterocycles. The van der Waals surface area contributed by atoms with Crippen LogP contribution in [0, 0.1) is 0 Å². The Morgan fingerprint density at radius 1 is 1.27 bits per heavy atom. The molecule has 0 spiro atoms. The number of carbonyl (C=O) groups is 4. The number of esters is 1. The van der Waals surface area contributed by atoms with E-state index in [0.29, 0.717) is 12.8 Å². The zero-order chi connectivity index (χ0) is 17.1. The summed E-state index contributed by atoms with van der Waals surface area (Å²) >= 11 is 0. The second kappa shape index (κ2) is 10.3. The van der Waals surface area contributed by atoms with Crippen LogP contribution in [0.5, 0.6) is 0 Å². The largest absolute Gasteiger partial charge is 0.480 e. The van der Waals surface area contributed by atoms with Gasteiger partial charge in [-0.25, -0.2) is 9.59 Å². The zero-order valence-electron chi connectivity index (χ0n) is 12.5. The molecule has 0 aliphatic heterocycles. The van der Waals surface area contributed by atoms with Gasteiger partial charge in [-0.2, -0.15) is 0 Å². The molecular weight excluding hydrogens is 294 g/mol. The van der Waals surface area contributed by atoms with Crippen molar-refractivity contribution in [3.8, 4) is 0 Å². The van der Waals surface area contributed by atoms with Gasteiger partial charge in [-0.3, -0.25) is 9.59 Å². The Morgan fingerprint density at radius 3 is 2.41 bits per heavy atom. The second-order valence-corrected chi connectivity index (χ2v) is 4.40. The van der Waals surface area contributed by atoms with E-state index in [0.717, 1.165) is 19.3 Å². The summed E-state index contributed by atoms with van der Waals surface area (Å²) < 4.78 is 4.30. The fraction of sp³-hybridized carbons (Fsp3) is 0.538. The number of amides is 2.